The zero-order valence-corrected chi connectivity index (χ0v) is 14.3. The van der Waals surface area contributed by atoms with Crippen LogP contribution in [0, 0.1) is 6.92 Å². The van der Waals surface area contributed by atoms with E-state index in [0.29, 0.717) is 0 Å². The molecule has 25 heavy (non-hydrogen) atoms. The van der Waals surface area contributed by atoms with Gasteiger partial charge >= 0.3 is 0 Å². The summed E-state index contributed by atoms with van der Waals surface area (Å²) in [5, 5.41) is 2.47. The van der Waals surface area contributed by atoms with E-state index in [-0.39, 0.29) is 6.04 Å². The minimum Gasteiger partial charge on any atom is -0.320 e. The summed E-state index contributed by atoms with van der Waals surface area (Å²) < 4.78 is 0. The number of aryl methyl sites for hydroxylation is 1. The lowest BCUT2D eigenvalue weighted by atomic mass is 9.89. The molecular formula is C24H21N. The van der Waals surface area contributed by atoms with Gasteiger partial charge in [-0.3, -0.25) is 0 Å². The summed E-state index contributed by atoms with van der Waals surface area (Å²) in [5.41, 5.74) is 12.7. The first kappa shape index (κ1) is 15.6. The van der Waals surface area contributed by atoms with E-state index in [1.165, 1.54) is 38.6 Å². The van der Waals surface area contributed by atoms with E-state index in [0.717, 1.165) is 0 Å². The molecule has 2 N–H and O–H groups in total. The van der Waals surface area contributed by atoms with Crippen LogP contribution in [0.1, 0.15) is 22.7 Å². The molecule has 4 aromatic rings. The highest BCUT2D eigenvalue weighted by Crippen LogP contribution is 2.34. The van der Waals surface area contributed by atoms with Crippen molar-refractivity contribution in [1.29, 1.82) is 0 Å². The summed E-state index contributed by atoms with van der Waals surface area (Å²) in [6, 6.07) is 31.7. The second kappa shape index (κ2) is 6.54. The van der Waals surface area contributed by atoms with Gasteiger partial charge < -0.3 is 5.73 Å². The summed E-state index contributed by atoms with van der Waals surface area (Å²) in [7, 11) is 0. The maximum Gasteiger partial charge on any atom is 0.0560 e. The largest absolute Gasteiger partial charge is 0.320 e. The molecule has 0 aliphatic carbocycles. The third-order valence-corrected chi connectivity index (χ3v) is 4.90. The maximum absolute atomic E-state index is 6.67. The van der Waals surface area contributed by atoms with Crippen LogP contribution in [0.4, 0.5) is 0 Å². The standard InChI is InChI=1S/C24H21N/c1-17-9-5-6-12-19(17)24(25)23-16-15-20(18-10-3-2-4-11-18)21-13-7-8-14-22(21)23/h2-16,24H,25H2,1H3. The molecule has 0 saturated carbocycles. The Labute approximate surface area is 148 Å². The summed E-state index contributed by atoms with van der Waals surface area (Å²) in [4.78, 5) is 0. The van der Waals surface area contributed by atoms with Gasteiger partial charge in [0.1, 0.15) is 0 Å². The van der Waals surface area contributed by atoms with Gasteiger partial charge in [-0.2, -0.15) is 0 Å². The van der Waals surface area contributed by atoms with Gasteiger partial charge in [0.25, 0.3) is 0 Å². The van der Waals surface area contributed by atoms with Gasteiger partial charge in [0.05, 0.1) is 6.04 Å². The van der Waals surface area contributed by atoms with E-state index < -0.39 is 0 Å². The Morgan fingerprint density at radius 1 is 0.600 bits per heavy atom. The lowest BCUT2D eigenvalue weighted by molar-refractivity contribution is 0.870. The lowest BCUT2D eigenvalue weighted by Gasteiger charge is -2.19. The van der Waals surface area contributed by atoms with E-state index in [1.807, 2.05) is 6.07 Å². The van der Waals surface area contributed by atoms with Crippen molar-refractivity contribution in [3.05, 3.63) is 108 Å². The van der Waals surface area contributed by atoms with Gasteiger partial charge in [-0.15, -0.1) is 0 Å². The fraction of sp³-hybridized carbons (Fsp3) is 0.0833. The van der Waals surface area contributed by atoms with Crippen molar-refractivity contribution in [2.45, 2.75) is 13.0 Å². The van der Waals surface area contributed by atoms with Crippen LogP contribution in [0.2, 0.25) is 0 Å². The number of fused-ring (bicyclic) bond motifs is 1. The molecule has 0 fully saturated rings. The molecule has 0 spiro atoms. The van der Waals surface area contributed by atoms with Crippen molar-refractivity contribution >= 4 is 10.8 Å². The molecule has 0 aliphatic rings. The minimum atomic E-state index is -0.129. The Hall–Kier alpha value is -2.90. The van der Waals surface area contributed by atoms with Crippen LogP contribution >= 0.6 is 0 Å². The van der Waals surface area contributed by atoms with Gasteiger partial charge in [0, 0.05) is 0 Å². The molecule has 0 saturated heterocycles. The van der Waals surface area contributed by atoms with Crippen molar-refractivity contribution in [3.63, 3.8) is 0 Å². The lowest BCUT2D eigenvalue weighted by Crippen LogP contribution is -2.13. The Balaban J connectivity index is 1.92. The molecule has 0 bridgehead atoms. The topological polar surface area (TPSA) is 26.0 Å². The van der Waals surface area contributed by atoms with Crippen LogP contribution < -0.4 is 5.73 Å². The Kier molecular flexibility index (Phi) is 4.09. The average molecular weight is 323 g/mol. The minimum absolute atomic E-state index is 0.129. The fourth-order valence-corrected chi connectivity index (χ4v) is 3.57. The first-order valence-corrected chi connectivity index (χ1v) is 8.64. The van der Waals surface area contributed by atoms with Gasteiger partial charge in [-0.05, 0) is 45.5 Å². The highest BCUT2D eigenvalue weighted by molar-refractivity contribution is 5.99. The first-order valence-electron chi connectivity index (χ1n) is 8.64. The monoisotopic (exact) mass is 323 g/mol. The van der Waals surface area contributed by atoms with Gasteiger partial charge in [0.2, 0.25) is 0 Å². The second-order valence-electron chi connectivity index (χ2n) is 6.45. The highest BCUT2D eigenvalue weighted by Gasteiger charge is 2.15. The fourth-order valence-electron chi connectivity index (χ4n) is 3.57. The SMILES string of the molecule is Cc1ccccc1C(N)c1ccc(-c2ccccc2)c2ccccc12. The van der Waals surface area contributed by atoms with Gasteiger partial charge in [0.15, 0.2) is 0 Å². The third-order valence-electron chi connectivity index (χ3n) is 4.90. The van der Waals surface area contributed by atoms with E-state index in [1.54, 1.807) is 0 Å². The van der Waals surface area contributed by atoms with E-state index in [9.17, 15) is 0 Å². The van der Waals surface area contributed by atoms with E-state index in [2.05, 4.69) is 91.9 Å². The van der Waals surface area contributed by atoms with Crippen LogP contribution in [0.25, 0.3) is 21.9 Å². The quantitative estimate of drug-likeness (QED) is 0.502. The van der Waals surface area contributed by atoms with Crippen LogP contribution in [0.3, 0.4) is 0 Å². The Bertz CT molecular complexity index is 1020. The molecule has 0 amide bonds. The van der Waals surface area contributed by atoms with Crippen molar-refractivity contribution in [2.75, 3.05) is 0 Å². The van der Waals surface area contributed by atoms with Gasteiger partial charge in [-0.1, -0.05) is 91.0 Å². The molecule has 0 radical (unpaired) electrons. The van der Waals surface area contributed by atoms with Crippen LogP contribution in [-0.4, -0.2) is 0 Å². The number of nitrogens with two attached hydrogens (primary N) is 1. The predicted octanol–water partition coefficient (Wildman–Crippen LogP) is 5.86. The highest BCUT2D eigenvalue weighted by atomic mass is 14.6. The molecule has 122 valence electrons. The molecule has 0 heterocycles. The molecule has 0 aliphatic heterocycles. The van der Waals surface area contributed by atoms with Crippen LogP contribution in [-0.2, 0) is 0 Å². The zero-order chi connectivity index (χ0) is 17.2. The Morgan fingerprint density at radius 3 is 2.00 bits per heavy atom. The third kappa shape index (κ3) is 2.84. The van der Waals surface area contributed by atoms with Crippen molar-refractivity contribution in [3.8, 4) is 11.1 Å². The van der Waals surface area contributed by atoms with Crippen molar-refractivity contribution in [1.82, 2.24) is 0 Å². The normalized spacial score (nSPS) is 12.2. The number of rotatable bonds is 3. The van der Waals surface area contributed by atoms with Crippen molar-refractivity contribution in [2.24, 2.45) is 5.73 Å². The molecule has 4 rings (SSSR count). The smallest absolute Gasteiger partial charge is 0.0560 e. The molecule has 0 aromatic heterocycles. The molecule has 1 unspecified atom stereocenters. The molecule has 1 nitrogen and oxygen atoms in total. The van der Waals surface area contributed by atoms with Gasteiger partial charge in [-0.25, -0.2) is 0 Å². The zero-order valence-electron chi connectivity index (χ0n) is 14.3. The molecular weight excluding hydrogens is 302 g/mol. The molecule has 1 atom stereocenters. The summed E-state index contributed by atoms with van der Waals surface area (Å²) in [5.74, 6) is 0. The predicted molar refractivity (Wildman–Crippen MR) is 107 cm³/mol. The van der Waals surface area contributed by atoms with Crippen LogP contribution in [0.5, 0.6) is 0 Å². The first-order chi connectivity index (χ1) is 12.3. The average Bonchev–Trinajstić information content (AvgIpc) is 2.68. The number of benzene rings is 4. The van der Waals surface area contributed by atoms with E-state index >= 15 is 0 Å². The Morgan fingerprint density at radius 2 is 1.24 bits per heavy atom. The van der Waals surface area contributed by atoms with E-state index in [4.69, 9.17) is 5.73 Å². The second-order valence-corrected chi connectivity index (χ2v) is 6.45. The van der Waals surface area contributed by atoms with Crippen LogP contribution in [0.15, 0.2) is 91.0 Å². The maximum atomic E-state index is 6.67. The summed E-state index contributed by atoms with van der Waals surface area (Å²) in [6.07, 6.45) is 0. The molecule has 1 heteroatoms. The number of hydrogen-bond donors (Lipinski definition) is 1. The molecule has 4 aromatic carbocycles. The van der Waals surface area contributed by atoms with Crippen molar-refractivity contribution < 1.29 is 0 Å². The number of hydrogen-bond acceptors (Lipinski definition) is 1. The summed E-state index contributed by atoms with van der Waals surface area (Å²) in [6.45, 7) is 2.12. The summed E-state index contributed by atoms with van der Waals surface area (Å²) >= 11 is 0.